The molecule has 0 aliphatic rings. The van der Waals surface area contributed by atoms with Gasteiger partial charge in [-0.25, -0.2) is 0 Å². The summed E-state index contributed by atoms with van der Waals surface area (Å²) in [6, 6.07) is 9.46. The van der Waals surface area contributed by atoms with Crippen LogP contribution in [0.15, 0.2) is 35.3 Å². The molecule has 0 saturated carbocycles. The normalized spacial score (nSPS) is 11.9. The summed E-state index contributed by atoms with van der Waals surface area (Å²) in [5.41, 5.74) is 2.10. The lowest BCUT2D eigenvalue weighted by atomic mass is 10.1. The Morgan fingerprint density at radius 2 is 2.04 bits per heavy atom. The van der Waals surface area contributed by atoms with Crippen molar-refractivity contribution in [2.45, 2.75) is 32.7 Å². The van der Waals surface area contributed by atoms with E-state index in [9.17, 15) is 9.59 Å². The number of amides is 1. The second-order valence-corrected chi connectivity index (χ2v) is 8.70. The topological polar surface area (TPSA) is 60.7 Å². The number of unbranched alkanes of at least 4 members (excludes halogenated alkanes) is 1. The lowest BCUT2D eigenvalue weighted by molar-refractivity contribution is -0.141. The molecule has 0 aliphatic heterocycles. The zero-order chi connectivity index (χ0) is 19.4. The molecule has 1 aromatic carbocycles. The molecule has 27 heavy (non-hydrogen) atoms. The van der Waals surface area contributed by atoms with Crippen LogP contribution in [0.25, 0.3) is 10.2 Å². The van der Waals surface area contributed by atoms with Crippen molar-refractivity contribution in [3.05, 3.63) is 49.9 Å². The van der Waals surface area contributed by atoms with Gasteiger partial charge in [0.25, 0.3) is 5.91 Å². The minimum absolute atomic E-state index is 0.00210. The maximum atomic E-state index is 12.5. The van der Waals surface area contributed by atoms with Crippen molar-refractivity contribution in [3.8, 4) is 0 Å². The number of carbonyl (C=O) groups is 2. The van der Waals surface area contributed by atoms with Gasteiger partial charge in [0.1, 0.15) is 6.54 Å². The number of aryl methyl sites for hydroxylation is 1. The summed E-state index contributed by atoms with van der Waals surface area (Å²) in [6.45, 7) is 2.16. The molecule has 2 heterocycles. The molecule has 0 aliphatic carbocycles. The summed E-state index contributed by atoms with van der Waals surface area (Å²) in [5.74, 6) is -0.763. The number of halogens is 1. The number of fused-ring (bicyclic) bond motifs is 1. The Bertz CT molecular complexity index is 1050. The number of thiazole rings is 1. The minimum Gasteiger partial charge on any atom is -0.468 e. The maximum Gasteiger partial charge on any atom is 0.325 e. The number of hydrogen-bond donors (Lipinski definition) is 0. The van der Waals surface area contributed by atoms with E-state index in [0.717, 1.165) is 29.5 Å². The highest BCUT2D eigenvalue weighted by Crippen LogP contribution is 2.23. The van der Waals surface area contributed by atoms with E-state index in [1.807, 2.05) is 6.07 Å². The largest absolute Gasteiger partial charge is 0.468 e. The number of hydrogen-bond acceptors (Lipinski definition) is 5. The SMILES string of the molecule is CCCCc1ccc2c(c1)sc(=NC(=O)c1ccc(Cl)s1)n2CC(=O)OC. The molecule has 0 bridgehead atoms. The molecule has 0 atom stereocenters. The smallest absolute Gasteiger partial charge is 0.325 e. The monoisotopic (exact) mass is 422 g/mol. The van der Waals surface area contributed by atoms with E-state index in [2.05, 4.69) is 24.0 Å². The molecular formula is C19H19ClN2O3S2. The highest BCUT2D eigenvalue weighted by Gasteiger charge is 2.14. The Balaban J connectivity index is 2.08. The standard InChI is InChI=1S/C19H19ClN2O3S2/c1-3-4-5-12-6-7-13-15(10-12)27-19(22(13)11-17(23)25-2)21-18(24)14-8-9-16(20)26-14/h6-10H,3-5,11H2,1-2H3. The van der Waals surface area contributed by atoms with Crippen molar-refractivity contribution < 1.29 is 14.3 Å². The zero-order valence-electron chi connectivity index (χ0n) is 15.0. The van der Waals surface area contributed by atoms with Crippen LogP contribution in [0.3, 0.4) is 0 Å². The number of carbonyl (C=O) groups excluding carboxylic acids is 2. The highest BCUT2D eigenvalue weighted by atomic mass is 35.5. The van der Waals surface area contributed by atoms with Crippen LogP contribution >= 0.6 is 34.3 Å². The molecule has 0 N–H and O–H groups in total. The summed E-state index contributed by atoms with van der Waals surface area (Å²) in [6.07, 6.45) is 3.25. The first kappa shape index (κ1) is 19.8. The molecule has 0 spiro atoms. The number of nitrogens with zero attached hydrogens (tertiary/aromatic N) is 2. The van der Waals surface area contributed by atoms with E-state index in [1.165, 1.54) is 35.3 Å². The van der Waals surface area contributed by atoms with Gasteiger partial charge in [0.15, 0.2) is 4.80 Å². The number of methoxy groups -OCH3 is 1. The summed E-state index contributed by atoms with van der Waals surface area (Å²) in [7, 11) is 1.34. The molecule has 0 radical (unpaired) electrons. The average molecular weight is 423 g/mol. The van der Waals surface area contributed by atoms with Gasteiger partial charge in [0, 0.05) is 0 Å². The van der Waals surface area contributed by atoms with E-state index in [-0.39, 0.29) is 12.5 Å². The van der Waals surface area contributed by atoms with Crippen LogP contribution in [0.1, 0.15) is 35.0 Å². The molecule has 0 saturated heterocycles. The van der Waals surface area contributed by atoms with E-state index in [1.54, 1.807) is 16.7 Å². The Morgan fingerprint density at radius 3 is 2.70 bits per heavy atom. The predicted octanol–water partition coefficient (Wildman–Crippen LogP) is 4.67. The van der Waals surface area contributed by atoms with Crippen molar-refractivity contribution in [1.29, 1.82) is 0 Å². The lowest BCUT2D eigenvalue weighted by Crippen LogP contribution is -2.22. The van der Waals surface area contributed by atoms with Crippen LogP contribution in [0.4, 0.5) is 0 Å². The van der Waals surface area contributed by atoms with Crippen molar-refractivity contribution in [2.24, 2.45) is 4.99 Å². The van der Waals surface area contributed by atoms with Gasteiger partial charge in [-0.15, -0.1) is 11.3 Å². The second kappa shape index (κ2) is 8.82. The minimum atomic E-state index is -0.391. The summed E-state index contributed by atoms with van der Waals surface area (Å²) in [5, 5.41) is 0. The maximum absolute atomic E-state index is 12.5. The van der Waals surface area contributed by atoms with Gasteiger partial charge in [0.05, 0.1) is 26.5 Å². The molecule has 2 aromatic heterocycles. The molecular weight excluding hydrogens is 404 g/mol. The Morgan fingerprint density at radius 1 is 1.22 bits per heavy atom. The number of esters is 1. The average Bonchev–Trinajstić information content (AvgIpc) is 3.23. The fourth-order valence-corrected chi connectivity index (χ4v) is 4.68. The number of thiophene rings is 1. The third kappa shape index (κ3) is 4.66. The van der Waals surface area contributed by atoms with Crippen LogP contribution in [-0.2, 0) is 22.5 Å². The van der Waals surface area contributed by atoms with Crippen LogP contribution in [0, 0.1) is 0 Å². The highest BCUT2D eigenvalue weighted by molar-refractivity contribution is 7.18. The molecule has 5 nitrogen and oxygen atoms in total. The van der Waals surface area contributed by atoms with Crippen LogP contribution in [0.2, 0.25) is 4.34 Å². The van der Waals surface area contributed by atoms with Gasteiger partial charge < -0.3 is 9.30 Å². The van der Waals surface area contributed by atoms with E-state index >= 15 is 0 Å². The van der Waals surface area contributed by atoms with Crippen molar-refractivity contribution in [3.63, 3.8) is 0 Å². The van der Waals surface area contributed by atoms with Crippen LogP contribution in [-0.4, -0.2) is 23.6 Å². The summed E-state index contributed by atoms with van der Waals surface area (Å²) in [4.78, 5) is 29.5. The van der Waals surface area contributed by atoms with Crippen molar-refractivity contribution in [2.75, 3.05) is 7.11 Å². The number of ether oxygens (including phenoxy) is 1. The molecule has 3 rings (SSSR count). The van der Waals surface area contributed by atoms with Gasteiger partial charge in [-0.3, -0.25) is 9.59 Å². The van der Waals surface area contributed by atoms with Gasteiger partial charge in [-0.2, -0.15) is 4.99 Å². The number of rotatable bonds is 6. The number of benzene rings is 1. The van der Waals surface area contributed by atoms with Crippen molar-refractivity contribution >= 4 is 56.4 Å². The molecule has 0 unspecified atom stereocenters. The fraction of sp³-hybridized carbons (Fsp3) is 0.316. The fourth-order valence-electron chi connectivity index (χ4n) is 2.66. The Hall–Kier alpha value is -1.96. The summed E-state index contributed by atoms with van der Waals surface area (Å²) >= 11 is 8.49. The third-order valence-corrected chi connectivity index (χ3v) is 6.32. The first-order valence-electron chi connectivity index (χ1n) is 8.55. The lowest BCUT2D eigenvalue weighted by Gasteiger charge is -2.04. The molecule has 3 aromatic rings. The molecule has 1 amide bonds. The zero-order valence-corrected chi connectivity index (χ0v) is 17.4. The van der Waals surface area contributed by atoms with Crippen LogP contribution in [0.5, 0.6) is 0 Å². The first-order chi connectivity index (χ1) is 13.0. The summed E-state index contributed by atoms with van der Waals surface area (Å²) < 4.78 is 8.05. The predicted molar refractivity (Wildman–Crippen MR) is 110 cm³/mol. The van der Waals surface area contributed by atoms with Gasteiger partial charge in [-0.05, 0) is 42.7 Å². The molecule has 8 heteroatoms. The molecule has 0 fully saturated rings. The third-order valence-electron chi connectivity index (χ3n) is 4.06. The Labute approximate surface area is 169 Å². The second-order valence-electron chi connectivity index (χ2n) is 5.97. The van der Waals surface area contributed by atoms with Gasteiger partial charge in [-0.1, -0.05) is 42.3 Å². The van der Waals surface area contributed by atoms with Gasteiger partial charge >= 0.3 is 5.97 Å². The Kier molecular flexibility index (Phi) is 6.46. The van der Waals surface area contributed by atoms with Crippen molar-refractivity contribution in [1.82, 2.24) is 4.57 Å². The van der Waals surface area contributed by atoms with Crippen LogP contribution < -0.4 is 4.80 Å². The van der Waals surface area contributed by atoms with E-state index in [4.69, 9.17) is 16.3 Å². The van der Waals surface area contributed by atoms with E-state index < -0.39 is 5.97 Å². The first-order valence-corrected chi connectivity index (χ1v) is 10.6. The van der Waals surface area contributed by atoms with Gasteiger partial charge in [0.2, 0.25) is 0 Å². The number of aromatic nitrogens is 1. The molecule has 142 valence electrons. The van der Waals surface area contributed by atoms with E-state index in [0.29, 0.717) is 14.0 Å². The quantitative estimate of drug-likeness (QED) is 0.542.